The number of piperazine rings is 1. The lowest BCUT2D eigenvalue weighted by molar-refractivity contribution is -0.130. The Balaban J connectivity index is 1.42. The number of methoxy groups -OCH3 is 1. The molecule has 31 heavy (non-hydrogen) atoms. The third-order valence-corrected chi connectivity index (χ3v) is 6.51. The van der Waals surface area contributed by atoms with Crippen LogP contribution in [0.3, 0.4) is 0 Å². The average Bonchev–Trinajstić information content (AvgIpc) is 3.20. The van der Waals surface area contributed by atoms with E-state index < -0.39 is 12.1 Å². The summed E-state index contributed by atoms with van der Waals surface area (Å²) in [6.07, 6.45) is 0. The van der Waals surface area contributed by atoms with Gasteiger partial charge in [-0.05, 0) is 42.1 Å². The maximum Gasteiger partial charge on any atom is 0.328 e. The molecule has 4 rings (SSSR count). The maximum atomic E-state index is 13.2. The van der Waals surface area contributed by atoms with Crippen molar-refractivity contribution in [2.24, 2.45) is 5.92 Å². The molecule has 1 aromatic rings. The highest BCUT2D eigenvalue weighted by Crippen LogP contribution is 2.32. The van der Waals surface area contributed by atoms with Gasteiger partial charge in [0, 0.05) is 38.4 Å². The fourth-order valence-electron chi connectivity index (χ4n) is 3.91. The molecule has 3 heterocycles. The molecule has 0 radical (unpaired) electrons. The summed E-state index contributed by atoms with van der Waals surface area (Å²) in [4.78, 5) is 44.0. The van der Waals surface area contributed by atoms with Gasteiger partial charge in [-0.2, -0.15) is 0 Å². The summed E-state index contributed by atoms with van der Waals surface area (Å²) < 4.78 is 8.22. The van der Waals surface area contributed by atoms with Gasteiger partial charge >= 0.3 is 6.03 Å². The van der Waals surface area contributed by atoms with Crippen molar-refractivity contribution in [2.75, 3.05) is 44.7 Å². The van der Waals surface area contributed by atoms with Crippen LogP contribution in [0.25, 0.3) is 0 Å². The molecule has 166 valence electrons. The summed E-state index contributed by atoms with van der Waals surface area (Å²) in [6, 6.07) is 6.70. The number of rotatable bonds is 5. The molecule has 0 aliphatic carbocycles. The molecule has 1 atom stereocenters. The predicted octanol–water partition coefficient (Wildman–Crippen LogP) is 1.38. The molecule has 3 aliphatic heterocycles. The molecule has 0 saturated carbocycles. The molecular weight excluding hydrogens is 418 g/mol. The molecule has 0 bridgehead atoms. The zero-order chi connectivity index (χ0) is 22.1. The normalized spacial score (nSPS) is 21.5. The van der Waals surface area contributed by atoms with Crippen molar-refractivity contribution in [1.29, 1.82) is 0 Å². The zero-order valence-corrected chi connectivity index (χ0v) is 18.7. The van der Waals surface area contributed by atoms with E-state index in [1.54, 1.807) is 12.0 Å². The third-order valence-electron chi connectivity index (χ3n) is 5.56. The number of hydrogen-bond acceptors (Lipinski definition) is 7. The lowest BCUT2D eigenvalue weighted by atomic mass is 10.1. The van der Waals surface area contributed by atoms with Crippen molar-refractivity contribution < 1.29 is 19.1 Å². The van der Waals surface area contributed by atoms with E-state index in [0.717, 1.165) is 23.4 Å². The molecule has 2 saturated heterocycles. The van der Waals surface area contributed by atoms with Crippen LogP contribution in [-0.4, -0.2) is 73.5 Å². The second-order valence-corrected chi connectivity index (χ2v) is 8.99. The smallest absolute Gasteiger partial charge is 0.328 e. The second-order valence-electron chi connectivity index (χ2n) is 8.15. The van der Waals surface area contributed by atoms with Crippen LogP contribution in [0.1, 0.15) is 13.8 Å². The number of benzene rings is 1. The third kappa shape index (κ3) is 4.22. The number of ether oxygens (including phenoxy) is 1. The Morgan fingerprint density at radius 1 is 1.16 bits per heavy atom. The zero-order valence-electron chi connectivity index (χ0n) is 17.9. The first-order valence-electron chi connectivity index (χ1n) is 10.4. The van der Waals surface area contributed by atoms with E-state index in [1.165, 1.54) is 4.90 Å². The van der Waals surface area contributed by atoms with Crippen LogP contribution in [0.2, 0.25) is 0 Å². The first-order chi connectivity index (χ1) is 14.9. The van der Waals surface area contributed by atoms with Crippen molar-refractivity contribution in [3.63, 3.8) is 0 Å². The number of nitrogens with one attached hydrogen (secondary N) is 2. The Labute approximate surface area is 185 Å². The molecule has 3 aliphatic rings. The fraction of sp³-hybridized carbons (Fsp3) is 0.476. The number of imide groups is 1. The van der Waals surface area contributed by atoms with Crippen LogP contribution in [-0.2, 0) is 9.59 Å². The molecule has 2 fully saturated rings. The highest BCUT2D eigenvalue weighted by Gasteiger charge is 2.45. The topological polar surface area (TPSA) is 94.2 Å². The summed E-state index contributed by atoms with van der Waals surface area (Å²) in [6.45, 7) is 6.78. The van der Waals surface area contributed by atoms with Crippen LogP contribution in [0.15, 0.2) is 34.9 Å². The minimum atomic E-state index is -0.694. The largest absolute Gasteiger partial charge is 0.497 e. The minimum absolute atomic E-state index is 0.158. The first-order valence-corrected chi connectivity index (χ1v) is 11.2. The number of carbonyl (C=O) groups is 3. The fourth-order valence-corrected chi connectivity index (χ4v) is 4.86. The minimum Gasteiger partial charge on any atom is -0.497 e. The molecule has 1 aromatic carbocycles. The highest BCUT2D eigenvalue weighted by molar-refractivity contribution is 8.02. The van der Waals surface area contributed by atoms with Crippen LogP contribution in [0.4, 0.5) is 10.5 Å². The van der Waals surface area contributed by atoms with Gasteiger partial charge in [0.2, 0.25) is 0 Å². The number of nitrogens with zero attached hydrogens (tertiary/aromatic N) is 3. The van der Waals surface area contributed by atoms with E-state index >= 15 is 0 Å². The van der Waals surface area contributed by atoms with Crippen molar-refractivity contribution in [3.8, 4) is 5.75 Å². The molecule has 4 amide bonds. The quantitative estimate of drug-likeness (QED) is 0.662. The Morgan fingerprint density at radius 3 is 2.45 bits per heavy atom. The summed E-state index contributed by atoms with van der Waals surface area (Å²) in [7, 11) is 1.64. The Kier molecular flexibility index (Phi) is 6.10. The van der Waals surface area contributed by atoms with E-state index in [-0.39, 0.29) is 17.7 Å². The number of anilines is 1. The maximum absolute atomic E-state index is 13.2. The Hall–Kier alpha value is -2.72. The Morgan fingerprint density at radius 2 is 1.84 bits per heavy atom. The lowest BCUT2D eigenvalue weighted by Crippen LogP contribution is -2.58. The van der Waals surface area contributed by atoms with Gasteiger partial charge in [-0.25, -0.2) is 9.52 Å². The van der Waals surface area contributed by atoms with Crippen LogP contribution < -0.4 is 19.7 Å². The van der Waals surface area contributed by atoms with Gasteiger partial charge in [0.15, 0.2) is 0 Å². The number of hydrogen-bond donors (Lipinski definition) is 2. The van der Waals surface area contributed by atoms with Gasteiger partial charge in [0.05, 0.1) is 12.8 Å². The number of urea groups is 1. The first kappa shape index (κ1) is 21.5. The van der Waals surface area contributed by atoms with Crippen molar-refractivity contribution in [3.05, 3.63) is 34.9 Å². The van der Waals surface area contributed by atoms with Gasteiger partial charge in [-0.15, -0.1) is 0 Å². The van der Waals surface area contributed by atoms with Gasteiger partial charge in [0.1, 0.15) is 16.7 Å². The summed E-state index contributed by atoms with van der Waals surface area (Å²) in [5.41, 5.74) is 1.46. The molecule has 1 unspecified atom stereocenters. The molecule has 2 N–H and O–H groups in total. The second kappa shape index (κ2) is 8.80. The van der Waals surface area contributed by atoms with Crippen LogP contribution in [0, 0.1) is 5.92 Å². The van der Waals surface area contributed by atoms with Crippen molar-refractivity contribution in [1.82, 2.24) is 19.8 Å². The SMILES string of the molecule is COc1ccc(N2CCN(C(=O)C3=C4NC(=O)N(CC(C)C)C(=O)C4NS3)CC2)cc1. The summed E-state index contributed by atoms with van der Waals surface area (Å²) >= 11 is 1.13. The predicted molar refractivity (Wildman–Crippen MR) is 118 cm³/mol. The van der Waals surface area contributed by atoms with Gasteiger partial charge in [-0.3, -0.25) is 14.5 Å². The molecular formula is C21H27N5O4S. The monoisotopic (exact) mass is 445 g/mol. The van der Waals surface area contributed by atoms with Crippen molar-refractivity contribution >= 4 is 35.5 Å². The van der Waals surface area contributed by atoms with E-state index in [4.69, 9.17) is 4.74 Å². The Bertz CT molecular complexity index is 909. The van der Waals surface area contributed by atoms with Gasteiger partial charge in [-0.1, -0.05) is 13.8 Å². The molecule has 0 spiro atoms. The van der Waals surface area contributed by atoms with Gasteiger partial charge < -0.3 is 19.9 Å². The van der Waals surface area contributed by atoms with Crippen molar-refractivity contribution in [2.45, 2.75) is 19.9 Å². The van der Waals surface area contributed by atoms with E-state index in [1.807, 2.05) is 38.1 Å². The van der Waals surface area contributed by atoms with E-state index in [0.29, 0.717) is 43.3 Å². The number of amides is 4. The molecule has 10 heteroatoms. The molecule has 9 nitrogen and oxygen atoms in total. The summed E-state index contributed by atoms with van der Waals surface area (Å²) in [5, 5.41) is 2.77. The number of fused-ring (bicyclic) bond motifs is 1. The van der Waals surface area contributed by atoms with Crippen LogP contribution >= 0.6 is 11.9 Å². The molecule has 0 aromatic heterocycles. The average molecular weight is 446 g/mol. The van der Waals surface area contributed by atoms with E-state index in [9.17, 15) is 14.4 Å². The summed E-state index contributed by atoms with van der Waals surface area (Å²) in [5.74, 6) is 0.501. The van der Waals surface area contributed by atoms with E-state index in [2.05, 4.69) is 14.9 Å². The number of carbonyl (C=O) groups excluding carboxylic acids is 3. The lowest BCUT2D eigenvalue weighted by Gasteiger charge is -2.36. The standard InChI is InChI=1S/C21H27N5O4S/c1-13(2)12-26-19(27)17-16(22-21(26)29)18(31-23-17)20(28)25-10-8-24(9-11-25)14-4-6-15(30-3)7-5-14/h4-7,13,17,23H,8-12H2,1-3H3,(H,22,29). The highest BCUT2D eigenvalue weighted by atomic mass is 32.2. The van der Waals surface area contributed by atoms with Crippen LogP contribution in [0.5, 0.6) is 5.75 Å². The van der Waals surface area contributed by atoms with Gasteiger partial charge in [0.25, 0.3) is 11.8 Å².